The first-order valence-electron chi connectivity index (χ1n) is 5.74. The van der Waals surface area contributed by atoms with E-state index >= 15 is 0 Å². The van der Waals surface area contributed by atoms with E-state index in [9.17, 15) is 0 Å². The average Bonchev–Trinajstić information content (AvgIpc) is 2.38. The summed E-state index contributed by atoms with van der Waals surface area (Å²) in [6.45, 7) is 0.249. The van der Waals surface area contributed by atoms with Crippen LogP contribution in [0.5, 0.6) is 0 Å². The monoisotopic (exact) mass is 305 g/mol. The van der Waals surface area contributed by atoms with E-state index in [2.05, 4.69) is 10.0 Å². The van der Waals surface area contributed by atoms with Gasteiger partial charge in [0.2, 0.25) is 0 Å². The molecule has 1 aromatic rings. The van der Waals surface area contributed by atoms with Crippen molar-refractivity contribution in [3.05, 3.63) is 17.2 Å². The molecule has 1 aliphatic heterocycles. The van der Waals surface area contributed by atoms with Crippen LogP contribution in [-0.2, 0) is 0 Å². The zero-order chi connectivity index (χ0) is 13.0. The minimum Gasteiger partial charge on any atom is -0.396 e. The van der Waals surface area contributed by atoms with Crippen molar-refractivity contribution in [2.24, 2.45) is 5.14 Å². The largest absolute Gasteiger partial charge is 0.396 e. The maximum Gasteiger partial charge on any atom is 0.0862 e. The van der Waals surface area contributed by atoms with Crippen LogP contribution in [0.1, 0.15) is 19.3 Å². The smallest absolute Gasteiger partial charge is 0.0862 e. The van der Waals surface area contributed by atoms with Crippen molar-refractivity contribution >= 4 is 41.2 Å². The molecule has 5 N–H and O–H groups in total. The summed E-state index contributed by atoms with van der Waals surface area (Å²) in [6.07, 6.45) is 3.00. The van der Waals surface area contributed by atoms with E-state index in [1.165, 1.54) is 0 Å². The number of benzene rings is 1. The molecule has 2 rings (SSSR count). The number of aliphatic hydroxyl groups excluding tert-OH is 1. The Labute approximate surface area is 120 Å². The summed E-state index contributed by atoms with van der Waals surface area (Å²) in [5, 5.41) is 18.4. The molecule has 0 aliphatic carbocycles. The van der Waals surface area contributed by atoms with Gasteiger partial charge in [0.05, 0.1) is 16.9 Å². The second kappa shape index (κ2) is 6.88. The number of rotatable bonds is 5. The quantitative estimate of drug-likeness (QED) is 0.495. The number of anilines is 1. The first kappa shape index (κ1) is 14.3. The van der Waals surface area contributed by atoms with Gasteiger partial charge in [0.25, 0.3) is 0 Å². The van der Waals surface area contributed by atoms with Crippen LogP contribution in [0.25, 0.3) is 0 Å². The molecule has 100 valence electrons. The molecule has 7 heteroatoms. The van der Waals surface area contributed by atoms with Crippen LogP contribution >= 0.6 is 35.5 Å². The number of nitrogens with two attached hydrogens (primary N) is 1. The fraction of sp³-hybridized carbons (Fsp3) is 0.455. The number of fused-ring (bicyclic) bond motifs is 1. The van der Waals surface area contributed by atoms with Crippen LogP contribution < -0.4 is 15.2 Å². The second-order valence-corrected chi connectivity index (χ2v) is 6.00. The maximum atomic E-state index is 8.77. The van der Waals surface area contributed by atoms with Crippen LogP contribution in [0, 0.1) is 0 Å². The fourth-order valence-electron chi connectivity index (χ4n) is 1.77. The van der Waals surface area contributed by atoms with Crippen molar-refractivity contribution in [2.45, 2.75) is 35.2 Å². The number of hydrogen-bond acceptors (Lipinski definition) is 6. The minimum absolute atomic E-state index is 0.210. The van der Waals surface area contributed by atoms with Crippen molar-refractivity contribution in [2.75, 3.05) is 11.9 Å². The fourth-order valence-corrected chi connectivity index (χ4v) is 3.35. The van der Waals surface area contributed by atoms with Crippen molar-refractivity contribution in [3.63, 3.8) is 0 Å². The highest BCUT2D eigenvalue weighted by Crippen LogP contribution is 2.37. The Balaban J connectivity index is 2.03. The molecule has 1 atom stereocenters. The first-order chi connectivity index (χ1) is 8.74. The molecule has 0 spiro atoms. The van der Waals surface area contributed by atoms with Gasteiger partial charge < -0.3 is 10.4 Å². The second-order valence-electron chi connectivity index (χ2n) is 4.03. The molecule has 0 amide bonds. The maximum absolute atomic E-state index is 8.77. The Kier molecular flexibility index (Phi) is 5.47. The Bertz CT molecular complexity index is 420. The van der Waals surface area contributed by atoms with E-state index in [1.807, 2.05) is 12.1 Å². The first-order valence-corrected chi connectivity index (χ1v) is 7.82. The Morgan fingerprint density at radius 3 is 3.00 bits per heavy atom. The predicted molar refractivity (Wildman–Crippen MR) is 78.8 cm³/mol. The summed E-state index contributed by atoms with van der Waals surface area (Å²) in [7, 11) is 0. The van der Waals surface area contributed by atoms with Crippen molar-refractivity contribution in [3.8, 4) is 0 Å². The number of halogens is 1. The lowest BCUT2D eigenvalue weighted by Crippen LogP contribution is -2.34. The number of aliphatic hydroxyl groups is 1. The van der Waals surface area contributed by atoms with E-state index in [-0.39, 0.29) is 12.8 Å². The van der Waals surface area contributed by atoms with Crippen molar-refractivity contribution < 1.29 is 5.11 Å². The minimum atomic E-state index is 0.210. The highest BCUT2D eigenvalue weighted by molar-refractivity contribution is 7.98. The summed E-state index contributed by atoms with van der Waals surface area (Å²) < 4.78 is 3.34. The Morgan fingerprint density at radius 1 is 1.44 bits per heavy atom. The topological polar surface area (TPSA) is 70.3 Å². The van der Waals surface area contributed by atoms with Gasteiger partial charge in [-0.15, -0.1) is 0 Å². The van der Waals surface area contributed by atoms with E-state index in [0.29, 0.717) is 5.02 Å². The van der Waals surface area contributed by atoms with E-state index in [4.69, 9.17) is 21.8 Å². The average molecular weight is 306 g/mol. The van der Waals surface area contributed by atoms with Crippen LogP contribution in [-0.4, -0.2) is 17.9 Å². The van der Waals surface area contributed by atoms with Crippen LogP contribution in [0.2, 0.25) is 5.02 Å². The molecule has 0 saturated carbocycles. The number of hydrogen-bond donors (Lipinski definition) is 4. The van der Waals surface area contributed by atoms with Gasteiger partial charge >= 0.3 is 0 Å². The van der Waals surface area contributed by atoms with Gasteiger partial charge in [-0.1, -0.05) is 11.6 Å². The summed E-state index contributed by atoms with van der Waals surface area (Å²) >= 11 is 8.88. The van der Waals surface area contributed by atoms with Gasteiger partial charge in [0, 0.05) is 16.4 Å². The van der Waals surface area contributed by atoms with Gasteiger partial charge in [0.1, 0.15) is 0 Å². The van der Waals surface area contributed by atoms with Gasteiger partial charge in [-0.3, -0.25) is 5.14 Å². The molecule has 1 heterocycles. The number of nitrogens with one attached hydrogen (secondary N) is 2. The van der Waals surface area contributed by atoms with Crippen molar-refractivity contribution in [1.82, 2.24) is 4.72 Å². The summed E-state index contributed by atoms with van der Waals surface area (Å²) in [5.41, 5.74) is 1.04. The van der Waals surface area contributed by atoms with Gasteiger partial charge in [-0.25, -0.2) is 4.72 Å². The third kappa shape index (κ3) is 3.46. The van der Waals surface area contributed by atoms with Crippen molar-refractivity contribution in [1.29, 1.82) is 0 Å². The molecule has 0 saturated heterocycles. The molecule has 0 aromatic heterocycles. The SMILES string of the molecule is NSc1cc2c(cc1Cl)NC(CCCCO)NS2. The third-order valence-electron chi connectivity index (χ3n) is 2.70. The molecular weight excluding hydrogens is 290 g/mol. The van der Waals surface area contributed by atoms with Gasteiger partial charge in [-0.2, -0.15) is 0 Å². The molecule has 0 bridgehead atoms. The van der Waals surface area contributed by atoms with Crippen LogP contribution in [0.3, 0.4) is 0 Å². The van der Waals surface area contributed by atoms with Gasteiger partial charge in [0.15, 0.2) is 0 Å². The van der Waals surface area contributed by atoms with Crippen LogP contribution in [0.4, 0.5) is 5.69 Å². The molecule has 18 heavy (non-hydrogen) atoms. The standard InChI is InChI=1S/C11H16ClN3OS2/c12-7-5-8-10(6-9(7)17-13)18-15-11(14-8)3-1-2-4-16/h5-6,11,14-16H,1-4,13H2. The lowest BCUT2D eigenvalue weighted by atomic mass is 10.2. The van der Waals surface area contributed by atoms with E-state index < -0.39 is 0 Å². The lowest BCUT2D eigenvalue weighted by molar-refractivity contribution is 0.281. The zero-order valence-electron chi connectivity index (χ0n) is 9.78. The molecule has 1 aliphatic rings. The highest BCUT2D eigenvalue weighted by Gasteiger charge is 2.19. The molecule has 0 radical (unpaired) electrons. The Morgan fingerprint density at radius 2 is 2.28 bits per heavy atom. The normalized spacial score (nSPS) is 18.3. The Hall–Kier alpha value is -0.110. The molecule has 4 nitrogen and oxygen atoms in total. The highest BCUT2D eigenvalue weighted by atomic mass is 35.5. The summed E-state index contributed by atoms with van der Waals surface area (Å²) in [4.78, 5) is 1.98. The summed E-state index contributed by atoms with van der Waals surface area (Å²) in [5.74, 6) is 0. The zero-order valence-corrected chi connectivity index (χ0v) is 12.2. The van der Waals surface area contributed by atoms with E-state index in [1.54, 1.807) is 11.9 Å². The number of unbranched alkanes of at least 4 members (excludes halogenated alkanes) is 1. The molecule has 0 fully saturated rings. The molecule has 1 aromatic carbocycles. The predicted octanol–water partition coefficient (Wildman–Crippen LogP) is 2.82. The lowest BCUT2D eigenvalue weighted by Gasteiger charge is -2.28. The summed E-state index contributed by atoms with van der Waals surface area (Å²) in [6, 6.07) is 3.90. The van der Waals surface area contributed by atoms with Crippen LogP contribution in [0.15, 0.2) is 21.9 Å². The molecular formula is C11H16ClN3OS2. The third-order valence-corrected chi connectivity index (χ3v) is 4.68. The molecule has 1 unspecified atom stereocenters. The van der Waals surface area contributed by atoms with E-state index in [0.717, 1.165) is 46.7 Å². The van der Waals surface area contributed by atoms with Gasteiger partial charge in [-0.05, 0) is 55.3 Å².